The number of hydrogen-bond donors (Lipinski definition) is 2. The van der Waals surface area contributed by atoms with Crippen LogP contribution in [0.25, 0.3) is 10.8 Å². The molecule has 3 rings (SSSR count). The van der Waals surface area contributed by atoms with Gasteiger partial charge in [-0.05, 0) is 36.3 Å². The number of fused-ring (bicyclic) bond motifs is 1. The summed E-state index contributed by atoms with van der Waals surface area (Å²) in [5, 5.41) is 4.16. The molecule has 0 saturated heterocycles. The maximum Gasteiger partial charge on any atom is 0.267 e. The Bertz CT molecular complexity index is 769. The van der Waals surface area contributed by atoms with Gasteiger partial charge in [-0.15, -0.1) is 0 Å². The zero-order valence-electron chi connectivity index (χ0n) is 14.0. The lowest BCUT2D eigenvalue weighted by Crippen LogP contribution is -2.32. The molecule has 1 amide bonds. The Hall–Kier alpha value is -2.14. The predicted octanol–water partition coefficient (Wildman–Crippen LogP) is 2.85. The van der Waals surface area contributed by atoms with E-state index in [1.165, 1.54) is 19.3 Å². The van der Waals surface area contributed by atoms with Crippen molar-refractivity contribution >= 4 is 16.7 Å². The van der Waals surface area contributed by atoms with Crippen molar-refractivity contribution in [3.8, 4) is 0 Å². The molecule has 24 heavy (non-hydrogen) atoms. The van der Waals surface area contributed by atoms with Gasteiger partial charge in [-0.25, -0.2) is 0 Å². The van der Waals surface area contributed by atoms with Crippen molar-refractivity contribution in [3.05, 3.63) is 46.4 Å². The van der Waals surface area contributed by atoms with E-state index in [0.29, 0.717) is 30.6 Å². The van der Waals surface area contributed by atoms with E-state index in [1.807, 2.05) is 12.1 Å². The Morgan fingerprint density at radius 2 is 2.08 bits per heavy atom. The molecule has 1 aromatic carbocycles. The van der Waals surface area contributed by atoms with Crippen LogP contribution in [-0.2, 0) is 4.74 Å². The Balaban J connectivity index is 1.54. The molecule has 2 N–H and O–H groups in total. The zero-order valence-corrected chi connectivity index (χ0v) is 14.0. The average Bonchev–Trinajstić information content (AvgIpc) is 2.60. The van der Waals surface area contributed by atoms with Gasteiger partial charge in [-0.3, -0.25) is 9.59 Å². The summed E-state index contributed by atoms with van der Waals surface area (Å²) >= 11 is 0. The second-order valence-corrected chi connectivity index (χ2v) is 6.53. The highest BCUT2D eigenvalue weighted by Gasteiger charge is 2.21. The standard InChI is InChI=1S/C19H24N2O3/c1-13-6-2-5-9-17(13)24-11-10-20-19(23)16-12-14-7-3-4-8-15(14)18(22)21-16/h3-4,7-8,12-13,17H,2,5-6,9-11H2,1H3,(H,20,23)(H,21,22)/t13-,17-/m1/s1. The number of benzene rings is 1. The minimum absolute atomic E-state index is 0.245. The quantitative estimate of drug-likeness (QED) is 0.829. The lowest BCUT2D eigenvalue weighted by atomic mass is 9.88. The fraction of sp³-hybridized carbons (Fsp3) is 0.474. The van der Waals surface area contributed by atoms with Crippen molar-refractivity contribution in [3.63, 3.8) is 0 Å². The number of rotatable bonds is 5. The van der Waals surface area contributed by atoms with Crippen LogP contribution in [0.4, 0.5) is 0 Å². The van der Waals surface area contributed by atoms with Gasteiger partial charge in [0.2, 0.25) is 0 Å². The SMILES string of the molecule is C[C@@H]1CCCC[C@H]1OCCNC(=O)c1cc2ccccc2c(=O)[nH]1. The number of aromatic amines is 1. The molecule has 2 aromatic rings. The zero-order chi connectivity index (χ0) is 16.9. The molecule has 1 saturated carbocycles. The number of H-pyrrole nitrogens is 1. The van der Waals surface area contributed by atoms with E-state index < -0.39 is 0 Å². The van der Waals surface area contributed by atoms with Gasteiger partial charge < -0.3 is 15.0 Å². The third kappa shape index (κ3) is 3.85. The molecule has 0 aliphatic heterocycles. The first kappa shape index (κ1) is 16.7. The molecular weight excluding hydrogens is 304 g/mol. The molecule has 1 aliphatic carbocycles. The second kappa shape index (κ2) is 7.62. The van der Waals surface area contributed by atoms with Gasteiger partial charge in [0, 0.05) is 11.9 Å². The molecule has 1 aromatic heterocycles. The molecule has 0 bridgehead atoms. The molecule has 5 heteroatoms. The lowest BCUT2D eigenvalue weighted by molar-refractivity contribution is -0.00295. The summed E-state index contributed by atoms with van der Waals surface area (Å²) in [5.74, 6) is 0.310. The smallest absolute Gasteiger partial charge is 0.267 e. The van der Waals surface area contributed by atoms with Crippen LogP contribution in [0.3, 0.4) is 0 Å². The van der Waals surface area contributed by atoms with Gasteiger partial charge in [-0.1, -0.05) is 38.0 Å². The fourth-order valence-electron chi connectivity index (χ4n) is 3.33. The van der Waals surface area contributed by atoms with Crippen LogP contribution in [0.5, 0.6) is 0 Å². The molecule has 0 radical (unpaired) electrons. The van der Waals surface area contributed by atoms with Crippen LogP contribution in [-0.4, -0.2) is 30.1 Å². The van der Waals surface area contributed by atoms with Crippen LogP contribution in [0, 0.1) is 5.92 Å². The van der Waals surface area contributed by atoms with Gasteiger partial charge in [0.15, 0.2) is 0 Å². The summed E-state index contributed by atoms with van der Waals surface area (Å²) in [5.41, 5.74) is 0.0373. The number of aromatic nitrogens is 1. The Morgan fingerprint density at radius 3 is 2.92 bits per heavy atom. The highest BCUT2D eigenvalue weighted by Crippen LogP contribution is 2.25. The highest BCUT2D eigenvalue weighted by atomic mass is 16.5. The molecule has 1 aliphatic rings. The number of carbonyl (C=O) groups is 1. The summed E-state index contributed by atoms with van der Waals surface area (Å²) in [6, 6.07) is 8.93. The van der Waals surface area contributed by atoms with Gasteiger partial charge in [0.25, 0.3) is 11.5 Å². The Labute approximate surface area is 141 Å². The van der Waals surface area contributed by atoms with E-state index in [2.05, 4.69) is 17.2 Å². The minimum Gasteiger partial charge on any atom is -0.376 e. The molecule has 1 fully saturated rings. The van der Waals surface area contributed by atoms with E-state index in [0.717, 1.165) is 11.8 Å². The van der Waals surface area contributed by atoms with Crippen LogP contribution < -0.4 is 10.9 Å². The van der Waals surface area contributed by atoms with E-state index in [-0.39, 0.29) is 17.2 Å². The number of hydrogen-bond acceptors (Lipinski definition) is 3. The minimum atomic E-state index is -0.279. The van der Waals surface area contributed by atoms with Crippen molar-refractivity contribution in [2.45, 2.75) is 38.7 Å². The summed E-state index contributed by atoms with van der Waals surface area (Å²) in [7, 11) is 0. The average molecular weight is 328 g/mol. The molecule has 128 valence electrons. The molecule has 5 nitrogen and oxygen atoms in total. The lowest BCUT2D eigenvalue weighted by Gasteiger charge is -2.28. The first-order valence-corrected chi connectivity index (χ1v) is 8.67. The third-order valence-corrected chi connectivity index (χ3v) is 4.75. The largest absolute Gasteiger partial charge is 0.376 e. The monoisotopic (exact) mass is 328 g/mol. The van der Waals surface area contributed by atoms with Crippen molar-refractivity contribution < 1.29 is 9.53 Å². The van der Waals surface area contributed by atoms with Crippen LogP contribution >= 0.6 is 0 Å². The number of amides is 1. The topological polar surface area (TPSA) is 71.2 Å². The summed E-state index contributed by atoms with van der Waals surface area (Å²) in [6.45, 7) is 3.16. The van der Waals surface area contributed by atoms with E-state index in [4.69, 9.17) is 4.74 Å². The van der Waals surface area contributed by atoms with Gasteiger partial charge in [-0.2, -0.15) is 0 Å². The first-order chi connectivity index (χ1) is 11.6. The van der Waals surface area contributed by atoms with Crippen LogP contribution in [0.15, 0.2) is 35.1 Å². The summed E-state index contributed by atoms with van der Waals surface area (Å²) in [6.07, 6.45) is 5.13. The van der Waals surface area contributed by atoms with Crippen molar-refractivity contribution in [2.24, 2.45) is 5.92 Å². The summed E-state index contributed by atoms with van der Waals surface area (Å²) in [4.78, 5) is 26.9. The number of carbonyl (C=O) groups excluding carboxylic acids is 1. The maximum absolute atomic E-state index is 12.2. The van der Waals surface area contributed by atoms with E-state index in [9.17, 15) is 9.59 Å². The fourth-order valence-corrected chi connectivity index (χ4v) is 3.33. The number of ether oxygens (including phenoxy) is 1. The van der Waals surface area contributed by atoms with Gasteiger partial charge >= 0.3 is 0 Å². The van der Waals surface area contributed by atoms with Gasteiger partial charge in [0.1, 0.15) is 5.69 Å². The van der Waals surface area contributed by atoms with E-state index in [1.54, 1.807) is 18.2 Å². The van der Waals surface area contributed by atoms with E-state index >= 15 is 0 Å². The maximum atomic E-state index is 12.2. The Morgan fingerprint density at radius 1 is 1.29 bits per heavy atom. The Kier molecular flexibility index (Phi) is 5.30. The van der Waals surface area contributed by atoms with Crippen molar-refractivity contribution in [1.82, 2.24) is 10.3 Å². The van der Waals surface area contributed by atoms with Crippen LogP contribution in [0.1, 0.15) is 43.1 Å². The molecular formula is C19H24N2O3. The predicted molar refractivity (Wildman–Crippen MR) is 94.3 cm³/mol. The first-order valence-electron chi connectivity index (χ1n) is 8.67. The third-order valence-electron chi connectivity index (χ3n) is 4.75. The number of nitrogens with one attached hydrogen (secondary N) is 2. The molecule has 0 unspecified atom stereocenters. The van der Waals surface area contributed by atoms with Crippen LogP contribution in [0.2, 0.25) is 0 Å². The summed E-state index contributed by atoms with van der Waals surface area (Å²) < 4.78 is 5.89. The molecule has 2 atom stereocenters. The van der Waals surface area contributed by atoms with Crippen molar-refractivity contribution in [1.29, 1.82) is 0 Å². The molecule has 1 heterocycles. The normalized spacial score (nSPS) is 20.9. The highest BCUT2D eigenvalue weighted by molar-refractivity contribution is 5.96. The molecule has 0 spiro atoms. The number of pyridine rings is 1. The second-order valence-electron chi connectivity index (χ2n) is 6.53. The van der Waals surface area contributed by atoms with Crippen molar-refractivity contribution in [2.75, 3.05) is 13.2 Å². The van der Waals surface area contributed by atoms with Gasteiger partial charge in [0.05, 0.1) is 12.7 Å².